The van der Waals surface area contributed by atoms with Crippen LogP contribution >= 0.6 is 11.6 Å². The van der Waals surface area contributed by atoms with E-state index in [1.807, 2.05) is 27.7 Å². The minimum Gasteiger partial charge on any atom is -0.461 e. The maximum absolute atomic E-state index is 8.59. The van der Waals surface area contributed by atoms with Crippen LogP contribution < -0.4 is 16.2 Å². The number of nitrogens with zero attached hydrogens (tertiary/aromatic N) is 4. The van der Waals surface area contributed by atoms with Crippen molar-refractivity contribution in [3.63, 3.8) is 0 Å². The average molecular weight is 487 g/mol. The summed E-state index contributed by atoms with van der Waals surface area (Å²) >= 11 is 5.34. The Balaban J connectivity index is 0.000000192. The molecular weight excluding hydrogens is 456 g/mol. The van der Waals surface area contributed by atoms with Gasteiger partial charge >= 0.3 is 6.01 Å². The van der Waals surface area contributed by atoms with Crippen LogP contribution in [0.25, 0.3) is 0 Å². The molecule has 0 radical (unpaired) electrons. The molecule has 4 heterocycles. The van der Waals surface area contributed by atoms with Crippen molar-refractivity contribution in [3.8, 4) is 6.01 Å². The quantitative estimate of drug-likeness (QED) is 0.532. The topological polar surface area (TPSA) is 170 Å². The first-order chi connectivity index (χ1) is 15.5. The highest BCUT2D eigenvalue weighted by molar-refractivity contribution is 6.28. The smallest absolute Gasteiger partial charge is 0.318 e. The standard InChI is InChI=1S/C10H15N3O3.C6H12O3.C4H4ClN3/c1-10(2)15-6-7(16-10)5-14-9-12-4-3-8(11)13-9;1-6(2)8-4-5(3-7)9-6;5-4-7-2-1-3(6)8-4/h3-4,7H,5-6H2,1-2H3,(H2,11,12,13);5,7H,3-4H2,1-2H3;1-2H,(H2,6,7,8). The SMILES string of the molecule is CC1(C)OCC(CO)O1.CC1(C)OCC(COc2nccc(N)n2)O1.Nc1ccnc(Cl)n1. The summed E-state index contributed by atoms with van der Waals surface area (Å²) in [7, 11) is 0. The van der Waals surface area contributed by atoms with Gasteiger partial charge in [0.25, 0.3) is 0 Å². The summed E-state index contributed by atoms with van der Waals surface area (Å²) < 4.78 is 26.7. The van der Waals surface area contributed by atoms with Crippen molar-refractivity contribution in [1.29, 1.82) is 0 Å². The van der Waals surface area contributed by atoms with Crippen molar-refractivity contribution in [2.24, 2.45) is 0 Å². The summed E-state index contributed by atoms with van der Waals surface area (Å²) in [4.78, 5) is 15.1. The van der Waals surface area contributed by atoms with Crippen molar-refractivity contribution in [2.45, 2.75) is 51.5 Å². The lowest BCUT2D eigenvalue weighted by Crippen LogP contribution is -2.25. The van der Waals surface area contributed by atoms with Gasteiger partial charge in [-0.15, -0.1) is 0 Å². The molecule has 0 saturated carbocycles. The normalized spacial score (nSPS) is 22.5. The molecule has 0 bridgehead atoms. The Hall–Kier alpha value is -2.35. The lowest BCUT2D eigenvalue weighted by atomic mass is 10.4. The van der Waals surface area contributed by atoms with Gasteiger partial charge in [-0.05, 0) is 51.4 Å². The predicted octanol–water partition coefficient (Wildman–Crippen LogP) is 1.43. The number of aliphatic hydroxyl groups is 1. The van der Waals surface area contributed by atoms with Crippen LogP contribution in [0, 0.1) is 0 Å². The maximum Gasteiger partial charge on any atom is 0.318 e. The van der Waals surface area contributed by atoms with Crippen LogP contribution in [0.5, 0.6) is 6.01 Å². The number of halogens is 1. The van der Waals surface area contributed by atoms with Crippen molar-refractivity contribution in [3.05, 3.63) is 29.8 Å². The number of hydrogen-bond donors (Lipinski definition) is 3. The van der Waals surface area contributed by atoms with Gasteiger partial charge in [0, 0.05) is 12.4 Å². The molecule has 2 saturated heterocycles. The summed E-state index contributed by atoms with van der Waals surface area (Å²) in [5, 5.41) is 8.78. The van der Waals surface area contributed by atoms with E-state index in [2.05, 4.69) is 19.9 Å². The molecule has 2 atom stereocenters. The van der Waals surface area contributed by atoms with Crippen molar-refractivity contribution < 1.29 is 28.8 Å². The molecule has 33 heavy (non-hydrogen) atoms. The second-order valence-corrected chi connectivity index (χ2v) is 8.25. The minimum absolute atomic E-state index is 0.0451. The first kappa shape index (κ1) is 26.9. The fourth-order valence-electron chi connectivity index (χ4n) is 2.64. The Bertz CT molecular complexity index is 857. The Labute approximate surface area is 197 Å². The zero-order valence-electron chi connectivity index (χ0n) is 19.1. The zero-order valence-corrected chi connectivity index (χ0v) is 19.9. The molecule has 0 aliphatic carbocycles. The van der Waals surface area contributed by atoms with E-state index in [0.717, 1.165) is 0 Å². The number of nitrogens with two attached hydrogens (primary N) is 2. The van der Waals surface area contributed by atoms with Gasteiger partial charge in [-0.2, -0.15) is 4.98 Å². The van der Waals surface area contributed by atoms with Crippen LogP contribution in [0.2, 0.25) is 5.28 Å². The fraction of sp³-hybridized carbons (Fsp3) is 0.600. The highest BCUT2D eigenvalue weighted by Gasteiger charge is 2.33. The van der Waals surface area contributed by atoms with Gasteiger partial charge in [-0.3, -0.25) is 0 Å². The van der Waals surface area contributed by atoms with Crippen molar-refractivity contribution >= 4 is 23.2 Å². The molecular formula is C20H31ClN6O6. The van der Waals surface area contributed by atoms with Crippen LogP contribution in [0.1, 0.15) is 27.7 Å². The van der Waals surface area contributed by atoms with E-state index in [4.69, 9.17) is 51.9 Å². The van der Waals surface area contributed by atoms with E-state index >= 15 is 0 Å². The van der Waals surface area contributed by atoms with Gasteiger partial charge in [-0.1, -0.05) is 0 Å². The fourth-order valence-corrected chi connectivity index (χ4v) is 2.79. The molecule has 12 nitrogen and oxygen atoms in total. The third-order valence-electron chi connectivity index (χ3n) is 4.04. The van der Waals surface area contributed by atoms with Gasteiger partial charge in [0.2, 0.25) is 5.28 Å². The van der Waals surface area contributed by atoms with Crippen LogP contribution in [0.4, 0.5) is 11.6 Å². The molecule has 4 rings (SSSR count). The Morgan fingerprint density at radius 2 is 1.52 bits per heavy atom. The van der Waals surface area contributed by atoms with Crippen molar-refractivity contribution in [1.82, 2.24) is 19.9 Å². The van der Waals surface area contributed by atoms with E-state index in [1.165, 1.54) is 6.20 Å². The molecule has 0 spiro atoms. The van der Waals surface area contributed by atoms with E-state index in [9.17, 15) is 0 Å². The first-order valence-electron chi connectivity index (χ1n) is 10.2. The maximum atomic E-state index is 8.59. The molecule has 0 amide bonds. The van der Waals surface area contributed by atoms with Crippen molar-refractivity contribution in [2.75, 3.05) is 37.9 Å². The summed E-state index contributed by atoms with van der Waals surface area (Å²) in [5.74, 6) is -0.253. The molecule has 2 aromatic rings. The molecule has 5 N–H and O–H groups in total. The zero-order chi connectivity index (χ0) is 24.5. The number of hydrogen-bond acceptors (Lipinski definition) is 12. The van der Waals surface area contributed by atoms with Gasteiger partial charge < -0.3 is 40.3 Å². The summed E-state index contributed by atoms with van der Waals surface area (Å²) in [5.41, 5.74) is 10.7. The number of nitrogen functional groups attached to an aromatic ring is 2. The highest BCUT2D eigenvalue weighted by atomic mass is 35.5. The van der Waals surface area contributed by atoms with Gasteiger partial charge in [0.15, 0.2) is 11.6 Å². The van der Waals surface area contributed by atoms with Gasteiger partial charge in [0.05, 0.1) is 19.8 Å². The summed E-state index contributed by atoms with van der Waals surface area (Å²) in [6.07, 6.45) is 2.83. The molecule has 2 unspecified atom stereocenters. The molecule has 2 aliphatic rings. The molecule has 2 fully saturated rings. The Morgan fingerprint density at radius 1 is 0.970 bits per heavy atom. The largest absolute Gasteiger partial charge is 0.461 e. The van der Waals surface area contributed by atoms with E-state index in [0.29, 0.717) is 31.5 Å². The van der Waals surface area contributed by atoms with E-state index in [-0.39, 0.29) is 30.1 Å². The van der Waals surface area contributed by atoms with Gasteiger partial charge in [-0.25, -0.2) is 15.0 Å². The predicted molar refractivity (Wildman–Crippen MR) is 120 cm³/mol. The highest BCUT2D eigenvalue weighted by Crippen LogP contribution is 2.23. The second kappa shape index (κ2) is 12.2. The van der Waals surface area contributed by atoms with E-state index in [1.54, 1.807) is 18.3 Å². The molecule has 184 valence electrons. The monoisotopic (exact) mass is 486 g/mol. The van der Waals surface area contributed by atoms with Crippen LogP contribution in [-0.2, 0) is 18.9 Å². The lowest BCUT2D eigenvalue weighted by Gasteiger charge is -2.16. The summed E-state index contributed by atoms with van der Waals surface area (Å²) in [6, 6.07) is 3.44. The number of rotatable bonds is 4. The first-order valence-corrected chi connectivity index (χ1v) is 10.6. The van der Waals surface area contributed by atoms with E-state index < -0.39 is 11.6 Å². The average Bonchev–Trinajstić information content (AvgIpc) is 3.27. The Morgan fingerprint density at radius 3 is 1.91 bits per heavy atom. The molecule has 0 aromatic carbocycles. The molecule has 13 heteroatoms. The number of anilines is 2. The minimum atomic E-state index is -0.537. The Kier molecular flexibility index (Phi) is 9.95. The number of ether oxygens (including phenoxy) is 5. The van der Waals surface area contributed by atoms with Crippen LogP contribution in [0.3, 0.4) is 0 Å². The number of aromatic nitrogens is 4. The third kappa shape index (κ3) is 10.4. The van der Waals surface area contributed by atoms with Crippen LogP contribution in [0.15, 0.2) is 24.5 Å². The second-order valence-electron chi connectivity index (χ2n) is 7.91. The summed E-state index contributed by atoms with van der Waals surface area (Å²) in [6.45, 7) is 8.81. The number of aliphatic hydroxyl groups excluding tert-OH is 1. The third-order valence-corrected chi connectivity index (χ3v) is 4.22. The molecule has 2 aliphatic heterocycles. The van der Waals surface area contributed by atoms with Crippen LogP contribution in [-0.4, -0.2) is 75.3 Å². The lowest BCUT2D eigenvalue weighted by molar-refractivity contribution is -0.142. The van der Waals surface area contributed by atoms with Gasteiger partial charge in [0.1, 0.15) is 30.5 Å². The molecule has 2 aromatic heterocycles.